The smallest absolute Gasteiger partial charge is 0.214 e. The van der Waals surface area contributed by atoms with Gasteiger partial charge in [0.25, 0.3) is 0 Å². The van der Waals surface area contributed by atoms with E-state index < -0.39 is 0 Å². The molecule has 0 aliphatic rings. The van der Waals surface area contributed by atoms with E-state index in [0.717, 1.165) is 38.8 Å². The van der Waals surface area contributed by atoms with Crippen LogP contribution >= 0.6 is 0 Å². The number of hydrogen-bond acceptors (Lipinski definition) is 7. The quantitative estimate of drug-likeness (QED) is 0.103. The number of unbranched alkanes of at least 4 members (excludes halogenated alkanes) is 2. The van der Waals surface area contributed by atoms with Crippen LogP contribution in [0, 0.1) is 0 Å². The largest absolute Gasteiger partial charge is 0.478 e. The Bertz CT molecular complexity index is 735. The molecule has 0 fully saturated rings. The summed E-state index contributed by atoms with van der Waals surface area (Å²) >= 11 is 0. The van der Waals surface area contributed by atoms with Gasteiger partial charge in [-0.2, -0.15) is 0 Å². The number of carbonyl (C=O) groups excluding carboxylic acids is 1. The number of hydrogen-bond donors (Lipinski definition) is 2. The topological polar surface area (TPSA) is 83.2 Å². The second-order valence-corrected chi connectivity index (χ2v) is 8.90. The third kappa shape index (κ3) is 28.2. The first-order chi connectivity index (χ1) is 18.9. The van der Waals surface area contributed by atoms with E-state index in [4.69, 9.17) is 9.53 Å². The van der Waals surface area contributed by atoms with Gasteiger partial charge in [0.05, 0.1) is 6.61 Å². The summed E-state index contributed by atoms with van der Waals surface area (Å²) in [6.07, 6.45) is 15.3. The Kier molecular flexibility index (Phi) is 35.0. The Balaban J connectivity index is -0.00000144. The van der Waals surface area contributed by atoms with Crippen LogP contribution < -0.4 is 11.1 Å². The molecule has 0 amide bonds. The zero-order valence-corrected chi connectivity index (χ0v) is 26.7. The molecule has 0 saturated heterocycles. The second kappa shape index (κ2) is 33.4. The van der Waals surface area contributed by atoms with Crippen molar-refractivity contribution in [2.75, 3.05) is 40.8 Å². The number of aldehydes is 1. The number of carbonyl (C=O) groups is 1. The lowest BCUT2D eigenvalue weighted by atomic mass is 10.1. The summed E-state index contributed by atoms with van der Waals surface area (Å²) in [6.45, 7) is 17.3. The molecular formula is C32H61N5O2. The summed E-state index contributed by atoms with van der Waals surface area (Å²) in [5, 5.41) is 2.94. The lowest BCUT2D eigenvalue weighted by molar-refractivity contribution is -0.106. The number of nitrogens with zero attached hydrogens (tertiary/aromatic N) is 3. The first-order valence-electron chi connectivity index (χ1n) is 14.6. The minimum Gasteiger partial charge on any atom is -0.478 e. The predicted molar refractivity (Wildman–Crippen MR) is 172 cm³/mol. The molecule has 0 bridgehead atoms. The van der Waals surface area contributed by atoms with Gasteiger partial charge in [0, 0.05) is 51.9 Å². The Morgan fingerprint density at radius 1 is 1.00 bits per heavy atom. The van der Waals surface area contributed by atoms with E-state index in [-0.39, 0.29) is 0 Å². The Morgan fingerprint density at radius 3 is 2.13 bits per heavy atom. The molecule has 1 aromatic rings. The van der Waals surface area contributed by atoms with Gasteiger partial charge in [-0.25, -0.2) is 4.99 Å². The van der Waals surface area contributed by atoms with Gasteiger partial charge in [-0.1, -0.05) is 78.1 Å². The van der Waals surface area contributed by atoms with E-state index in [2.05, 4.69) is 91.8 Å². The highest BCUT2D eigenvalue weighted by molar-refractivity contribution is 5.88. The standard InChI is InChI=1S/C26H44N4O.C3H8.C2H4O.CH5N/c1-6-9-18-30(17-8-3)23-25-13-11-12-24(21-25)22-29(5)19-14-26(28-16-15-27-4)31-20-10-7-2;1-3-2;1-2-3;1-2/h11-16,19,21,27H,6-10,17-18,20,22-23H2,1-5H3;3H2,1-2H3;2H,1H3;2H2,1H3/b16-15+,19-14+,28-26-;;;. The van der Waals surface area contributed by atoms with Crippen LogP contribution in [0.5, 0.6) is 0 Å². The van der Waals surface area contributed by atoms with Crippen LogP contribution in [-0.2, 0) is 22.6 Å². The van der Waals surface area contributed by atoms with Crippen molar-refractivity contribution >= 4 is 12.2 Å². The Labute approximate surface area is 241 Å². The maximum absolute atomic E-state index is 8.81. The van der Waals surface area contributed by atoms with Crippen molar-refractivity contribution in [2.24, 2.45) is 10.7 Å². The molecular weight excluding hydrogens is 486 g/mol. The monoisotopic (exact) mass is 547 g/mol. The van der Waals surface area contributed by atoms with Crippen molar-refractivity contribution in [2.45, 2.75) is 93.2 Å². The van der Waals surface area contributed by atoms with Gasteiger partial charge in [0.2, 0.25) is 5.90 Å². The molecule has 0 aliphatic carbocycles. The van der Waals surface area contributed by atoms with Gasteiger partial charge >= 0.3 is 0 Å². The predicted octanol–water partition coefficient (Wildman–Crippen LogP) is 6.75. The Morgan fingerprint density at radius 2 is 1.59 bits per heavy atom. The fraction of sp³-hybridized carbons (Fsp3) is 0.625. The normalized spacial score (nSPS) is 10.7. The molecule has 0 saturated carbocycles. The van der Waals surface area contributed by atoms with Crippen molar-refractivity contribution < 1.29 is 9.53 Å². The van der Waals surface area contributed by atoms with Gasteiger partial charge in [0.1, 0.15) is 6.29 Å². The third-order valence-electron chi connectivity index (χ3n) is 4.86. The maximum Gasteiger partial charge on any atom is 0.214 e. The van der Waals surface area contributed by atoms with Crippen molar-refractivity contribution in [3.05, 3.63) is 60.1 Å². The van der Waals surface area contributed by atoms with Crippen LogP contribution in [0.25, 0.3) is 0 Å². The molecule has 0 spiro atoms. The molecule has 7 heteroatoms. The van der Waals surface area contributed by atoms with Crippen molar-refractivity contribution in [1.29, 1.82) is 0 Å². The second-order valence-electron chi connectivity index (χ2n) is 8.90. The number of nitrogens with one attached hydrogen (secondary N) is 1. The number of benzene rings is 1. The van der Waals surface area contributed by atoms with E-state index in [1.54, 1.807) is 12.4 Å². The zero-order valence-electron chi connectivity index (χ0n) is 26.7. The van der Waals surface area contributed by atoms with E-state index in [9.17, 15) is 0 Å². The molecule has 0 aliphatic heterocycles. The molecule has 0 unspecified atom stereocenters. The molecule has 0 atom stereocenters. The van der Waals surface area contributed by atoms with Gasteiger partial charge in [-0.15, -0.1) is 0 Å². The number of rotatable bonds is 16. The molecule has 3 N–H and O–H groups in total. The highest BCUT2D eigenvalue weighted by Gasteiger charge is 2.06. The maximum atomic E-state index is 8.81. The van der Waals surface area contributed by atoms with Crippen LogP contribution in [-0.4, -0.2) is 62.8 Å². The molecule has 1 rings (SSSR count). The summed E-state index contributed by atoms with van der Waals surface area (Å²) in [6, 6.07) is 8.96. The summed E-state index contributed by atoms with van der Waals surface area (Å²) < 4.78 is 5.80. The molecule has 7 nitrogen and oxygen atoms in total. The summed E-state index contributed by atoms with van der Waals surface area (Å²) in [5.41, 5.74) is 7.21. The number of ether oxygens (including phenoxy) is 1. The van der Waals surface area contributed by atoms with Crippen LogP contribution in [0.1, 0.15) is 91.2 Å². The van der Waals surface area contributed by atoms with Gasteiger partial charge in [0.15, 0.2) is 0 Å². The van der Waals surface area contributed by atoms with E-state index >= 15 is 0 Å². The van der Waals surface area contributed by atoms with E-state index in [0.29, 0.717) is 12.5 Å². The van der Waals surface area contributed by atoms with Crippen LogP contribution in [0.4, 0.5) is 0 Å². The zero-order chi connectivity index (χ0) is 30.2. The first-order valence-corrected chi connectivity index (χ1v) is 14.6. The van der Waals surface area contributed by atoms with Crippen molar-refractivity contribution in [3.8, 4) is 0 Å². The molecule has 226 valence electrons. The molecule has 39 heavy (non-hydrogen) atoms. The average molecular weight is 548 g/mol. The molecule has 1 aromatic carbocycles. The van der Waals surface area contributed by atoms with E-state index in [1.807, 2.05) is 19.3 Å². The summed E-state index contributed by atoms with van der Waals surface area (Å²) in [5.74, 6) is 0.631. The molecule has 0 radical (unpaired) electrons. The summed E-state index contributed by atoms with van der Waals surface area (Å²) in [7, 11) is 5.44. The number of aliphatic imine (C=N–C) groups is 1. The fourth-order valence-corrected chi connectivity index (χ4v) is 3.22. The van der Waals surface area contributed by atoms with Crippen LogP contribution in [0.15, 0.2) is 53.9 Å². The fourth-order valence-electron chi connectivity index (χ4n) is 3.22. The molecule has 0 aromatic heterocycles. The average Bonchev–Trinajstić information content (AvgIpc) is 2.92. The SMILES string of the molecule is CC=O.CCC.CCCCOC(/C=C/N(C)Cc1cccc(CN(CCC)CCCC)c1)=N\C=C\NC.CN. The minimum atomic E-state index is 0.631. The number of nitrogens with two attached hydrogens (primary N) is 1. The minimum absolute atomic E-state index is 0.631. The summed E-state index contributed by atoms with van der Waals surface area (Å²) in [4.78, 5) is 17.9. The van der Waals surface area contributed by atoms with Crippen LogP contribution in [0.2, 0.25) is 0 Å². The first kappa shape index (κ1) is 40.9. The van der Waals surface area contributed by atoms with E-state index in [1.165, 1.54) is 57.3 Å². The lowest BCUT2D eigenvalue weighted by Crippen LogP contribution is -2.25. The third-order valence-corrected chi connectivity index (χ3v) is 4.86. The highest BCUT2D eigenvalue weighted by Crippen LogP contribution is 2.12. The molecule has 0 heterocycles. The van der Waals surface area contributed by atoms with Gasteiger partial charge < -0.3 is 25.5 Å². The highest BCUT2D eigenvalue weighted by atomic mass is 16.5. The van der Waals surface area contributed by atoms with Crippen molar-refractivity contribution in [1.82, 2.24) is 15.1 Å². The van der Waals surface area contributed by atoms with Crippen LogP contribution in [0.3, 0.4) is 0 Å². The van der Waals surface area contributed by atoms with Crippen molar-refractivity contribution in [3.63, 3.8) is 0 Å². The lowest BCUT2D eigenvalue weighted by Gasteiger charge is -2.22. The Hall–Kier alpha value is -2.64. The van der Waals surface area contributed by atoms with Gasteiger partial charge in [-0.05, 0) is 57.5 Å². The van der Waals surface area contributed by atoms with Gasteiger partial charge in [-0.3, -0.25) is 4.90 Å².